The molecule has 1 N–H and O–H groups in total. The highest BCUT2D eigenvalue weighted by Gasteiger charge is 2.37. The fourth-order valence-corrected chi connectivity index (χ4v) is 3.44. The SMILES string of the molecule is CC1CC(O)(Cc2nc3ccccc3n2C)CC(C)O1. The number of aromatic nitrogens is 2. The zero-order valence-electron chi connectivity index (χ0n) is 12.3. The minimum Gasteiger partial charge on any atom is -0.389 e. The molecule has 0 spiro atoms. The van der Waals surface area contributed by atoms with E-state index < -0.39 is 5.60 Å². The molecule has 2 aromatic rings. The Hall–Kier alpha value is -1.39. The Balaban J connectivity index is 1.90. The molecule has 20 heavy (non-hydrogen) atoms. The summed E-state index contributed by atoms with van der Waals surface area (Å²) < 4.78 is 7.80. The lowest BCUT2D eigenvalue weighted by Gasteiger charge is -2.39. The number of para-hydroxylation sites is 2. The van der Waals surface area contributed by atoms with Gasteiger partial charge >= 0.3 is 0 Å². The third kappa shape index (κ3) is 2.45. The van der Waals surface area contributed by atoms with E-state index in [4.69, 9.17) is 4.74 Å². The maximum absolute atomic E-state index is 10.9. The predicted molar refractivity (Wildman–Crippen MR) is 78.6 cm³/mol. The third-order valence-electron chi connectivity index (χ3n) is 4.17. The fraction of sp³-hybridized carbons (Fsp3) is 0.562. The van der Waals surface area contributed by atoms with Crippen molar-refractivity contribution in [1.29, 1.82) is 0 Å². The number of ether oxygens (including phenoxy) is 1. The maximum Gasteiger partial charge on any atom is 0.112 e. The van der Waals surface area contributed by atoms with Crippen LogP contribution in [0.4, 0.5) is 0 Å². The van der Waals surface area contributed by atoms with E-state index in [2.05, 4.69) is 15.6 Å². The molecular formula is C16H22N2O2. The molecule has 0 saturated carbocycles. The van der Waals surface area contributed by atoms with Gasteiger partial charge < -0.3 is 14.4 Å². The lowest BCUT2D eigenvalue weighted by Crippen LogP contribution is -2.45. The number of aliphatic hydroxyl groups is 1. The molecule has 4 nitrogen and oxygen atoms in total. The standard InChI is InChI=1S/C16H22N2O2/c1-11-8-16(19,9-12(2)20-11)10-15-17-13-6-4-5-7-14(13)18(15)3/h4-7,11-12,19H,8-10H2,1-3H3. The number of imidazole rings is 1. The summed E-state index contributed by atoms with van der Waals surface area (Å²) in [5, 5.41) is 10.9. The van der Waals surface area contributed by atoms with Gasteiger partial charge in [0, 0.05) is 26.3 Å². The minimum absolute atomic E-state index is 0.0958. The van der Waals surface area contributed by atoms with Crippen molar-refractivity contribution >= 4 is 11.0 Å². The van der Waals surface area contributed by atoms with Crippen LogP contribution in [-0.2, 0) is 18.2 Å². The van der Waals surface area contributed by atoms with Gasteiger partial charge in [0.15, 0.2) is 0 Å². The topological polar surface area (TPSA) is 47.3 Å². The van der Waals surface area contributed by atoms with Crippen molar-refractivity contribution in [2.75, 3.05) is 0 Å². The first-order chi connectivity index (χ1) is 9.47. The Morgan fingerprint density at radius 1 is 1.30 bits per heavy atom. The van der Waals surface area contributed by atoms with Crippen LogP contribution in [-0.4, -0.2) is 32.5 Å². The molecule has 108 valence electrons. The summed E-state index contributed by atoms with van der Waals surface area (Å²) in [4.78, 5) is 4.66. The van der Waals surface area contributed by atoms with E-state index in [1.165, 1.54) is 0 Å². The number of nitrogens with zero attached hydrogens (tertiary/aromatic N) is 2. The van der Waals surface area contributed by atoms with E-state index in [0.29, 0.717) is 19.3 Å². The molecule has 0 amide bonds. The quantitative estimate of drug-likeness (QED) is 0.915. The highest BCUT2D eigenvalue weighted by molar-refractivity contribution is 5.75. The predicted octanol–water partition coefficient (Wildman–Crippen LogP) is 2.43. The van der Waals surface area contributed by atoms with Gasteiger partial charge in [-0.1, -0.05) is 12.1 Å². The first-order valence-corrected chi connectivity index (χ1v) is 7.25. The second-order valence-corrected chi connectivity index (χ2v) is 6.14. The molecule has 1 aromatic carbocycles. The van der Waals surface area contributed by atoms with E-state index in [1.54, 1.807) is 0 Å². The highest BCUT2D eigenvalue weighted by atomic mass is 16.5. The molecule has 1 aliphatic heterocycles. The van der Waals surface area contributed by atoms with Gasteiger partial charge in [-0.05, 0) is 26.0 Å². The summed E-state index contributed by atoms with van der Waals surface area (Å²) in [5.74, 6) is 0.940. The monoisotopic (exact) mass is 274 g/mol. The van der Waals surface area contributed by atoms with Gasteiger partial charge in [0.2, 0.25) is 0 Å². The van der Waals surface area contributed by atoms with Crippen molar-refractivity contribution in [1.82, 2.24) is 9.55 Å². The van der Waals surface area contributed by atoms with Crippen LogP contribution >= 0.6 is 0 Å². The Bertz CT molecular complexity index is 610. The summed E-state index contributed by atoms with van der Waals surface area (Å²) >= 11 is 0. The van der Waals surface area contributed by atoms with Gasteiger partial charge in [0.25, 0.3) is 0 Å². The number of aryl methyl sites for hydroxylation is 1. The number of hydrogen-bond acceptors (Lipinski definition) is 3. The zero-order chi connectivity index (χ0) is 14.3. The third-order valence-corrected chi connectivity index (χ3v) is 4.17. The van der Waals surface area contributed by atoms with Crippen LogP contribution in [0.1, 0.15) is 32.5 Å². The second-order valence-electron chi connectivity index (χ2n) is 6.14. The van der Waals surface area contributed by atoms with Crippen molar-refractivity contribution in [3.05, 3.63) is 30.1 Å². The molecular weight excluding hydrogens is 252 g/mol. The summed E-state index contributed by atoms with van der Waals surface area (Å²) in [6.45, 7) is 4.05. The van der Waals surface area contributed by atoms with Crippen LogP contribution in [0.3, 0.4) is 0 Å². The number of benzene rings is 1. The average molecular weight is 274 g/mol. The Kier molecular flexibility index (Phi) is 3.30. The molecule has 4 heteroatoms. The number of fused-ring (bicyclic) bond motifs is 1. The Morgan fingerprint density at radius 2 is 1.95 bits per heavy atom. The second kappa shape index (κ2) is 4.86. The van der Waals surface area contributed by atoms with Crippen LogP contribution in [0.5, 0.6) is 0 Å². The van der Waals surface area contributed by atoms with Crippen molar-refractivity contribution in [3.8, 4) is 0 Å². The molecule has 0 aliphatic carbocycles. The lowest BCUT2D eigenvalue weighted by molar-refractivity contribution is -0.131. The fourth-order valence-electron chi connectivity index (χ4n) is 3.44. The summed E-state index contributed by atoms with van der Waals surface area (Å²) in [7, 11) is 2.01. The van der Waals surface area contributed by atoms with Crippen molar-refractivity contribution in [3.63, 3.8) is 0 Å². The summed E-state index contributed by atoms with van der Waals surface area (Å²) in [5.41, 5.74) is 1.38. The Morgan fingerprint density at radius 3 is 2.60 bits per heavy atom. The molecule has 2 unspecified atom stereocenters. The zero-order valence-corrected chi connectivity index (χ0v) is 12.3. The normalized spacial score (nSPS) is 30.8. The molecule has 3 rings (SSSR count). The van der Waals surface area contributed by atoms with Gasteiger partial charge in [-0.3, -0.25) is 0 Å². The van der Waals surface area contributed by atoms with Gasteiger partial charge in [-0.25, -0.2) is 4.98 Å². The van der Waals surface area contributed by atoms with Crippen LogP contribution in [0.2, 0.25) is 0 Å². The van der Waals surface area contributed by atoms with Crippen LogP contribution in [0.15, 0.2) is 24.3 Å². The molecule has 0 radical (unpaired) electrons. The number of hydrogen-bond donors (Lipinski definition) is 1. The number of rotatable bonds is 2. The lowest BCUT2D eigenvalue weighted by atomic mass is 9.84. The smallest absolute Gasteiger partial charge is 0.112 e. The first kappa shape index (κ1) is 13.6. The summed E-state index contributed by atoms with van der Waals surface area (Å²) in [6.07, 6.45) is 2.11. The Labute approximate surface area is 119 Å². The van der Waals surface area contributed by atoms with Gasteiger partial charge in [0.05, 0.1) is 28.8 Å². The van der Waals surface area contributed by atoms with E-state index in [9.17, 15) is 5.11 Å². The van der Waals surface area contributed by atoms with Crippen molar-refractivity contribution in [2.45, 2.75) is 50.9 Å². The molecule has 1 fully saturated rings. The van der Waals surface area contributed by atoms with Crippen LogP contribution in [0, 0.1) is 0 Å². The average Bonchev–Trinajstić information content (AvgIpc) is 2.64. The minimum atomic E-state index is -0.716. The molecule has 1 saturated heterocycles. The van der Waals surface area contributed by atoms with Crippen molar-refractivity contribution < 1.29 is 9.84 Å². The molecule has 2 atom stereocenters. The van der Waals surface area contributed by atoms with Crippen molar-refractivity contribution in [2.24, 2.45) is 7.05 Å². The summed E-state index contributed by atoms with van der Waals surface area (Å²) in [6, 6.07) is 8.08. The maximum atomic E-state index is 10.9. The molecule has 1 aromatic heterocycles. The largest absolute Gasteiger partial charge is 0.389 e. The van der Waals surface area contributed by atoms with Gasteiger partial charge in [-0.15, -0.1) is 0 Å². The molecule has 1 aliphatic rings. The molecule has 2 heterocycles. The van der Waals surface area contributed by atoms with Gasteiger partial charge in [-0.2, -0.15) is 0 Å². The van der Waals surface area contributed by atoms with E-state index in [-0.39, 0.29) is 12.2 Å². The van der Waals surface area contributed by atoms with Gasteiger partial charge in [0.1, 0.15) is 5.82 Å². The van der Waals surface area contributed by atoms with E-state index in [0.717, 1.165) is 16.9 Å². The molecule has 0 bridgehead atoms. The van der Waals surface area contributed by atoms with E-state index >= 15 is 0 Å². The van der Waals surface area contributed by atoms with E-state index in [1.807, 2.05) is 39.1 Å². The first-order valence-electron chi connectivity index (χ1n) is 7.25. The van der Waals surface area contributed by atoms with Crippen LogP contribution < -0.4 is 0 Å². The van der Waals surface area contributed by atoms with Crippen LogP contribution in [0.25, 0.3) is 11.0 Å². The highest BCUT2D eigenvalue weighted by Crippen LogP contribution is 2.32.